The number of nitrogens with zero attached hydrogens (tertiary/aromatic N) is 4. The van der Waals surface area contributed by atoms with Gasteiger partial charge in [-0.3, -0.25) is 4.98 Å². The molecule has 5 aromatic rings. The third-order valence-corrected chi connectivity index (χ3v) is 6.67. The molecule has 3 heterocycles. The predicted octanol–water partition coefficient (Wildman–Crippen LogP) is 5.69. The Bertz CT molecular complexity index is 1460. The second kappa shape index (κ2) is 8.01. The van der Waals surface area contributed by atoms with Gasteiger partial charge in [0.05, 0.1) is 29.9 Å². The minimum atomic E-state index is 0.783. The van der Waals surface area contributed by atoms with Gasteiger partial charge in [0.15, 0.2) is 0 Å². The summed E-state index contributed by atoms with van der Waals surface area (Å²) in [6, 6.07) is 23.5. The van der Waals surface area contributed by atoms with Gasteiger partial charge in [-0.15, -0.1) is 0 Å². The number of aromatic nitrogens is 3. The van der Waals surface area contributed by atoms with E-state index in [1.807, 2.05) is 12.3 Å². The Labute approximate surface area is 193 Å². The van der Waals surface area contributed by atoms with Gasteiger partial charge < -0.3 is 9.64 Å². The topological polar surface area (TPSA) is 43.2 Å². The summed E-state index contributed by atoms with van der Waals surface area (Å²) in [5.41, 5.74) is 8.94. The zero-order valence-electron chi connectivity index (χ0n) is 19.0. The lowest BCUT2D eigenvalue weighted by Crippen LogP contribution is -2.36. The van der Waals surface area contributed by atoms with Crippen LogP contribution < -0.4 is 4.90 Å². The number of ether oxygens (including phenoxy) is 1. The quantitative estimate of drug-likeness (QED) is 0.366. The Morgan fingerprint density at radius 2 is 1.55 bits per heavy atom. The lowest BCUT2D eigenvalue weighted by atomic mass is 10.1. The minimum absolute atomic E-state index is 0.783. The van der Waals surface area contributed by atoms with E-state index in [0.717, 1.165) is 65.1 Å². The summed E-state index contributed by atoms with van der Waals surface area (Å²) in [7, 11) is 0. The number of rotatable bonds is 3. The molecular formula is C28H26N4O. The Balaban J connectivity index is 1.54. The van der Waals surface area contributed by atoms with Crippen molar-refractivity contribution >= 4 is 27.5 Å². The van der Waals surface area contributed by atoms with E-state index in [1.165, 1.54) is 16.8 Å². The molecule has 1 aliphatic rings. The molecule has 3 aromatic carbocycles. The molecule has 5 heteroatoms. The van der Waals surface area contributed by atoms with Crippen LogP contribution in [0.4, 0.5) is 5.69 Å². The van der Waals surface area contributed by atoms with Gasteiger partial charge in [-0.1, -0.05) is 36.4 Å². The molecule has 0 N–H and O–H groups in total. The summed E-state index contributed by atoms with van der Waals surface area (Å²) < 4.78 is 7.58. The minimum Gasteiger partial charge on any atom is -0.378 e. The molecular weight excluding hydrogens is 408 g/mol. The fourth-order valence-corrected chi connectivity index (χ4v) is 4.64. The van der Waals surface area contributed by atoms with Crippen LogP contribution in [0.2, 0.25) is 0 Å². The van der Waals surface area contributed by atoms with Gasteiger partial charge in [0.1, 0.15) is 5.69 Å². The van der Waals surface area contributed by atoms with Crippen molar-refractivity contribution in [2.45, 2.75) is 13.8 Å². The largest absolute Gasteiger partial charge is 0.378 e. The van der Waals surface area contributed by atoms with Crippen LogP contribution in [0.25, 0.3) is 38.8 Å². The van der Waals surface area contributed by atoms with Crippen LogP contribution in [0.15, 0.2) is 72.9 Å². The molecule has 33 heavy (non-hydrogen) atoms. The van der Waals surface area contributed by atoms with E-state index in [1.54, 1.807) is 0 Å². The second-order valence-electron chi connectivity index (χ2n) is 8.71. The number of hydrogen-bond donors (Lipinski definition) is 0. The van der Waals surface area contributed by atoms with E-state index in [0.29, 0.717) is 0 Å². The Morgan fingerprint density at radius 1 is 0.788 bits per heavy atom. The Morgan fingerprint density at radius 3 is 2.33 bits per heavy atom. The van der Waals surface area contributed by atoms with Gasteiger partial charge in [0.2, 0.25) is 0 Å². The van der Waals surface area contributed by atoms with Gasteiger partial charge >= 0.3 is 0 Å². The number of fused-ring (bicyclic) bond motifs is 3. The average molecular weight is 435 g/mol. The molecule has 0 unspecified atom stereocenters. The van der Waals surface area contributed by atoms with Crippen LogP contribution in [0.1, 0.15) is 11.1 Å². The number of hydrogen-bond acceptors (Lipinski definition) is 4. The van der Waals surface area contributed by atoms with Gasteiger partial charge in [-0.2, -0.15) is 5.10 Å². The lowest BCUT2D eigenvalue weighted by molar-refractivity contribution is 0.122. The first-order chi connectivity index (χ1) is 16.2. The van der Waals surface area contributed by atoms with Crippen LogP contribution in [0, 0.1) is 13.8 Å². The molecule has 0 spiro atoms. The first-order valence-corrected chi connectivity index (χ1v) is 11.5. The highest BCUT2D eigenvalue weighted by Gasteiger charge is 2.18. The number of pyridine rings is 1. The van der Waals surface area contributed by atoms with Crippen molar-refractivity contribution in [1.82, 2.24) is 14.8 Å². The van der Waals surface area contributed by atoms with Crippen molar-refractivity contribution in [2.24, 2.45) is 0 Å². The zero-order chi connectivity index (χ0) is 22.4. The van der Waals surface area contributed by atoms with Crippen molar-refractivity contribution in [1.29, 1.82) is 0 Å². The molecule has 0 radical (unpaired) electrons. The number of morpholine rings is 1. The van der Waals surface area contributed by atoms with Crippen LogP contribution in [-0.4, -0.2) is 41.1 Å². The Hall–Kier alpha value is -3.70. The fraction of sp³-hybridized carbons (Fsp3) is 0.214. The molecule has 1 fully saturated rings. The predicted molar refractivity (Wildman–Crippen MR) is 134 cm³/mol. The maximum absolute atomic E-state index is 5.50. The van der Waals surface area contributed by atoms with Crippen molar-refractivity contribution in [3.05, 3.63) is 84.1 Å². The van der Waals surface area contributed by atoms with Crippen LogP contribution in [0.5, 0.6) is 0 Å². The first-order valence-electron chi connectivity index (χ1n) is 11.5. The van der Waals surface area contributed by atoms with Crippen LogP contribution in [-0.2, 0) is 4.74 Å². The standard InChI is InChI=1S/C28H26N4O/c1-19-7-10-23(17-20(19)2)32-28-24-5-3-4-6-26(24)29-18-25(28)27(30-32)21-8-11-22(12-9-21)31-13-15-33-16-14-31/h3-12,17-18H,13-16H2,1-2H3. The summed E-state index contributed by atoms with van der Waals surface area (Å²) >= 11 is 0. The average Bonchev–Trinajstić information content (AvgIpc) is 3.27. The molecule has 0 amide bonds. The van der Waals surface area contributed by atoms with Crippen molar-refractivity contribution < 1.29 is 4.74 Å². The monoisotopic (exact) mass is 434 g/mol. The molecule has 1 saturated heterocycles. The number of anilines is 1. The van der Waals surface area contributed by atoms with Crippen LogP contribution >= 0.6 is 0 Å². The highest BCUT2D eigenvalue weighted by atomic mass is 16.5. The van der Waals surface area contributed by atoms with Gasteiger partial charge in [0.25, 0.3) is 0 Å². The van der Waals surface area contributed by atoms with E-state index >= 15 is 0 Å². The van der Waals surface area contributed by atoms with E-state index in [9.17, 15) is 0 Å². The van der Waals surface area contributed by atoms with E-state index < -0.39 is 0 Å². The molecule has 6 rings (SSSR count). The lowest BCUT2D eigenvalue weighted by Gasteiger charge is -2.28. The van der Waals surface area contributed by atoms with E-state index in [2.05, 4.69) is 84.1 Å². The molecule has 0 aliphatic carbocycles. The van der Waals surface area contributed by atoms with E-state index in [-0.39, 0.29) is 0 Å². The van der Waals surface area contributed by atoms with Crippen molar-refractivity contribution in [3.8, 4) is 16.9 Å². The maximum Gasteiger partial charge on any atom is 0.102 e. The highest BCUT2D eigenvalue weighted by molar-refractivity contribution is 6.08. The van der Waals surface area contributed by atoms with E-state index in [4.69, 9.17) is 14.8 Å². The van der Waals surface area contributed by atoms with Gasteiger partial charge in [-0.05, 0) is 55.3 Å². The Kier molecular flexibility index (Phi) is 4.84. The molecule has 164 valence electrons. The fourth-order valence-electron chi connectivity index (χ4n) is 4.64. The second-order valence-corrected chi connectivity index (χ2v) is 8.71. The first kappa shape index (κ1) is 19.9. The summed E-state index contributed by atoms with van der Waals surface area (Å²) in [5.74, 6) is 0. The number of benzene rings is 3. The summed E-state index contributed by atoms with van der Waals surface area (Å²) in [4.78, 5) is 7.12. The van der Waals surface area contributed by atoms with Crippen LogP contribution in [0.3, 0.4) is 0 Å². The SMILES string of the molecule is Cc1ccc(-n2nc(-c3ccc(N4CCOCC4)cc3)c3cnc4ccccc4c32)cc1C. The molecule has 1 aliphatic heterocycles. The third kappa shape index (κ3) is 3.45. The molecule has 0 saturated carbocycles. The molecule has 0 bridgehead atoms. The summed E-state index contributed by atoms with van der Waals surface area (Å²) in [6.45, 7) is 7.72. The van der Waals surface area contributed by atoms with Crippen molar-refractivity contribution in [2.75, 3.05) is 31.2 Å². The third-order valence-electron chi connectivity index (χ3n) is 6.67. The van der Waals surface area contributed by atoms with Gasteiger partial charge in [-0.25, -0.2) is 4.68 Å². The van der Waals surface area contributed by atoms with Crippen molar-refractivity contribution in [3.63, 3.8) is 0 Å². The van der Waals surface area contributed by atoms with Gasteiger partial charge in [0, 0.05) is 41.3 Å². The zero-order valence-corrected chi connectivity index (χ0v) is 19.0. The number of aryl methyl sites for hydroxylation is 2. The maximum atomic E-state index is 5.50. The molecule has 5 nitrogen and oxygen atoms in total. The smallest absolute Gasteiger partial charge is 0.102 e. The normalized spacial score (nSPS) is 14.3. The summed E-state index contributed by atoms with van der Waals surface area (Å²) in [6.07, 6.45) is 1.97. The number of para-hydroxylation sites is 1. The summed E-state index contributed by atoms with van der Waals surface area (Å²) in [5, 5.41) is 7.31. The molecule has 2 aromatic heterocycles. The molecule has 0 atom stereocenters. The highest BCUT2D eigenvalue weighted by Crippen LogP contribution is 2.34.